The fourth-order valence-electron chi connectivity index (χ4n) is 2.09. The summed E-state index contributed by atoms with van der Waals surface area (Å²) in [7, 11) is 0. The van der Waals surface area contributed by atoms with Crippen molar-refractivity contribution < 1.29 is 9.18 Å². The Kier molecular flexibility index (Phi) is 4.03. The maximum atomic E-state index is 12.9. The Morgan fingerprint density at radius 2 is 1.80 bits per heavy atom. The second kappa shape index (κ2) is 5.74. The van der Waals surface area contributed by atoms with E-state index in [2.05, 4.69) is 5.32 Å². The predicted octanol–water partition coefficient (Wildman–Crippen LogP) is 3.08. The lowest BCUT2D eigenvalue weighted by atomic mass is 9.98. The number of primary amides is 1. The van der Waals surface area contributed by atoms with Crippen molar-refractivity contribution in [3.63, 3.8) is 0 Å². The van der Waals surface area contributed by atoms with Crippen LogP contribution in [0, 0.1) is 19.7 Å². The van der Waals surface area contributed by atoms with E-state index in [9.17, 15) is 9.18 Å². The molecule has 3 nitrogen and oxygen atoms in total. The molecular weight excluding hydrogens is 255 g/mol. The molecule has 4 heteroatoms. The number of halogens is 1. The van der Waals surface area contributed by atoms with Gasteiger partial charge in [0.25, 0.3) is 0 Å². The quantitative estimate of drug-likeness (QED) is 0.898. The van der Waals surface area contributed by atoms with Crippen molar-refractivity contribution in [2.24, 2.45) is 5.73 Å². The van der Waals surface area contributed by atoms with Crippen molar-refractivity contribution in [3.05, 3.63) is 65.0 Å². The average Bonchev–Trinajstić information content (AvgIpc) is 2.41. The van der Waals surface area contributed by atoms with Gasteiger partial charge in [-0.1, -0.05) is 23.8 Å². The molecule has 0 saturated carbocycles. The number of aryl methyl sites for hydroxylation is 2. The van der Waals surface area contributed by atoms with Gasteiger partial charge in [0.1, 0.15) is 11.9 Å². The standard InChI is InChI=1S/C16H17FN2O/c1-10-3-4-11(2)14(9-10)15(16(18)20)19-13-7-5-12(17)6-8-13/h3-9,15,19H,1-2H3,(H2,18,20). The Hall–Kier alpha value is -2.36. The van der Waals surface area contributed by atoms with E-state index in [1.165, 1.54) is 12.1 Å². The molecule has 0 aliphatic carbocycles. The molecule has 0 fully saturated rings. The Labute approximate surface area is 117 Å². The summed E-state index contributed by atoms with van der Waals surface area (Å²) in [6, 6.07) is 11.1. The first kappa shape index (κ1) is 14.1. The molecule has 1 atom stereocenters. The predicted molar refractivity (Wildman–Crippen MR) is 77.9 cm³/mol. The van der Waals surface area contributed by atoms with Gasteiger partial charge in [0.15, 0.2) is 0 Å². The van der Waals surface area contributed by atoms with Crippen LogP contribution in [0.1, 0.15) is 22.7 Å². The second-order valence-electron chi connectivity index (χ2n) is 4.85. The van der Waals surface area contributed by atoms with Gasteiger partial charge in [0.2, 0.25) is 5.91 Å². The summed E-state index contributed by atoms with van der Waals surface area (Å²) in [4.78, 5) is 11.7. The van der Waals surface area contributed by atoms with Crippen LogP contribution in [-0.4, -0.2) is 5.91 Å². The van der Waals surface area contributed by atoms with Gasteiger partial charge in [-0.2, -0.15) is 0 Å². The number of amides is 1. The van der Waals surface area contributed by atoms with Gasteiger partial charge in [0, 0.05) is 5.69 Å². The van der Waals surface area contributed by atoms with Crippen LogP contribution in [0.2, 0.25) is 0 Å². The van der Waals surface area contributed by atoms with E-state index in [4.69, 9.17) is 5.73 Å². The number of nitrogens with two attached hydrogens (primary N) is 1. The Morgan fingerprint density at radius 1 is 1.15 bits per heavy atom. The Morgan fingerprint density at radius 3 is 2.40 bits per heavy atom. The second-order valence-corrected chi connectivity index (χ2v) is 4.85. The maximum absolute atomic E-state index is 12.9. The number of hydrogen-bond donors (Lipinski definition) is 2. The van der Waals surface area contributed by atoms with Crippen LogP contribution in [0.4, 0.5) is 10.1 Å². The largest absolute Gasteiger partial charge is 0.370 e. The number of hydrogen-bond acceptors (Lipinski definition) is 2. The highest BCUT2D eigenvalue weighted by Gasteiger charge is 2.19. The van der Waals surface area contributed by atoms with Gasteiger partial charge in [-0.15, -0.1) is 0 Å². The summed E-state index contributed by atoms with van der Waals surface area (Å²) in [5.41, 5.74) is 9.01. The summed E-state index contributed by atoms with van der Waals surface area (Å²) in [5, 5.41) is 3.05. The highest BCUT2D eigenvalue weighted by molar-refractivity contribution is 5.85. The van der Waals surface area contributed by atoms with Crippen LogP contribution in [-0.2, 0) is 4.79 Å². The number of carbonyl (C=O) groups excluding carboxylic acids is 1. The van der Waals surface area contributed by atoms with Gasteiger partial charge in [-0.05, 0) is 49.2 Å². The van der Waals surface area contributed by atoms with Gasteiger partial charge in [-0.3, -0.25) is 4.79 Å². The van der Waals surface area contributed by atoms with Crippen LogP contribution in [0.15, 0.2) is 42.5 Å². The van der Waals surface area contributed by atoms with E-state index in [1.807, 2.05) is 32.0 Å². The minimum atomic E-state index is -0.639. The number of benzene rings is 2. The van der Waals surface area contributed by atoms with Crippen molar-refractivity contribution in [2.45, 2.75) is 19.9 Å². The van der Waals surface area contributed by atoms with Gasteiger partial charge in [-0.25, -0.2) is 4.39 Å². The molecule has 0 spiro atoms. The minimum Gasteiger partial charge on any atom is -0.370 e. The van der Waals surface area contributed by atoms with E-state index in [-0.39, 0.29) is 5.82 Å². The molecule has 0 saturated heterocycles. The number of nitrogens with one attached hydrogen (secondary N) is 1. The summed E-state index contributed by atoms with van der Waals surface area (Å²) < 4.78 is 12.9. The van der Waals surface area contributed by atoms with Crippen LogP contribution in [0.3, 0.4) is 0 Å². The maximum Gasteiger partial charge on any atom is 0.244 e. The van der Waals surface area contributed by atoms with Gasteiger partial charge >= 0.3 is 0 Å². The summed E-state index contributed by atoms with van der Waals surface area (Å²) in [6.45, 7) is 3.88. The molecule has 20 heavy (non-hydrogen) atoms. The van der Waals surface area contributed by atoms with E-state index in [1.54, 1.807) is 12.1 Å². The summed E-state index contributed by atoms with van der Waals surface area (Å²) >= 11 is 0. The smallest absolute Gasteiger partial charge is 0.244 e. The number of anilines is 1. The number of carbonyl (C=O) groups is 1. The normalized spacial score (nSPS) is 11.9. The molecule has 104 valence electrons. The molecule has 0 bridgehead atoms. The molecule has 2 aromatic rings. The fourth-order valence-corrected chi connectivity index (χ4v) is 2.09. The Bertz CT molecular complexity index is 623. The monoisotopic (exact) mass is 272 g/mol. The van der Waals surface area contributed by atoms with Crippen molar-refractivity contribution in [1.29, 1.82) is 0 Å². The lowest BCUT2D eigenvalue weighted by molar-refractivity contribution is -0.118. The SMILES string of the molecule is Cc1ccc(C)c(C(Nc2ccc(F)cc2)C(N)=O)c1. The lowest BCUT2D eigenvalue weighted by Gasteiger charge is -2.19. The first-order valence-corrected chi connectivity index (χ1v) is 6.36. The van der Waals surface area contributed by atoms with Crippen molar-refractivity contribution in [3.8, 4) is 0 Å². The molecule has 2 rings (SSSR count). The first-order valence-electron chi connectivity index (χ1n) is 6.36. The van der Waals surface area contributed by atoms with E-state index < -0.39 is 11.9 Å². The highest BCUT2D eigenvalue weighted by Crippen LogP contribution is 2.23. The zero-order valence-electron chi connectivity index (χ0n) is 11.5. The zero-order valence-corrected chi connectivity index (χ0v) is 11.5. The van der Waals surface area contributed by atoms with Gasteiger partial charge < -0.3 is 11.1 Å². The third-order valence-electron chi connectivity index (χ3n) is 3.19. The van der Waals surface area contributed by atoms with Crippen LogP contribution < -0.4 is 11.1 Å². The Balaban J connectivity index is 2.34. The molecule has 1 unspecified atom stereocenters. The molecule has 1 amide bonds. The zero-order chi connectivity index (χ0) is 14.7. The third kappa shape index (κ3) is 3.15. The van der Waals surface area contributed by atoms with E-state index in [0.29, 0.717) is 5.69 Å². The first-order chi connectivity index (χ1) is 9.47. The lowest BCUT2D eigenvalue weighted by Crippen LogP contribution is -2.28. The molecule has 0 heterocycles. The fraction of sp³-hybridized carbons (Fsp3) is 0.188. The minimum absolute atomic E-state index is 0.321. The van der Waals surface area contributed by atoms with E-state index >= 15 is 0 Å². The van der Waals surface area contributed by atoms with Crippen LogP contribution in [0.5, 0.6) is 0 Å². The number of rotatable bonds is 4. The summed E-state index contributed by atoms with van der Waals surface area (Å²) in [6.07, 6.45) is 0. The van der Waals surface area contributed by atoms with Crippen molar-refractivity contribution >= 4 is 11.6 Å². The molecule has 2 aromatic carbocycles. The topological polar surface area (TPSA) is 55.1 Å². The highest BCUT2D eigenvalue weighted by atomic mass is 19.1. The molecule has 0 radical (unpaired) electrons. The summed E-state index contributed by atoms with van der Waals surface area (Å²) in [5.74, 6) is -0.791. The molecular formula is C16H17FN2O. The third-order valence-corrected chi connectivity index (χ3v) is 3.19. The van der Waals surface area contributed by atoms with Crippen LogP contribution in [0.25, 0.3) is 0 Å². The average molecular weight is 272 g/mol. The molecule has 0 aromatic heterocycles. The molecule has 0 aliphatic rings. The van der Waals surface area contributed by atoms with E-state index in [0.717, 1.165) is 16.7 Å². The molecule has 0 aliphatic heterocycles. The van der Waals surface area contributed by atoms with Crippen LogP contribution >= 0.6 is 0 Å². The molecule has 3 N–H and O–H groups in total. The van der Waals surface area contributed by atoms with Crippen molar-refractivity contribution in [1.82, 2.24) is 0 Å². The van der Waals surface area contributed by atoms with Crippen molar-refractivity contribution in [2.75, 3.05) is 5.32 Å². The van der Waals surface area contributed by atoms with Gasteiger partial charge in [0.05, 0.1) is 0 Å².